The molecule has 2 atom stereocenters. The number of piperidine rings is 1. The normalized spacial score (nSPS) is 33.0. The topological polar surface area (TPSA) is 24.5 Å². The minimum atomic E-state index is -0.0317. The van der Waals surface area contributed by atoms with E-state index in [2.05, 4.69) is 44.8 Å². The zero-order valence-electron chi connectivity index (χ0n) is 13.5. The molecule has 0 aromatic heterocycles. The van der Waals surface area contributed by atoms with Crippen molar-refractivity contribution >= 4 is 0 Å². The Morgan fingerprint density at radius 2 is 1.79 bits per heavy atom. The summed E-state index contributed by atoms with van der Waals surface area (Å²) in [5, 5.41) is 3.67. The Bertz CT molecular complexity index is 279. The standard InChI is InChI=1S/C16H32N2O/c1-13(10-14-8-6-7-9-17-14)18-11-15(2,3)19-16(4,5)12-18/h13-14,17H,6-12H2,1-5H3. The molecule has 3 heteroatoms. The van der Waals surface area contributed by atoms with Gasteiger partial charge in [-0.1, -0.05) is 6.42 Å². The van der Waals surface area contributed by atoms with Gasteiger partial charge < -0.3 is 10.1 Å². The molecular formula is C16H32N2O. The quantitative estimate of drug-likeness (QED) is 0.852. The monoisotopic (exact) mass is 268 g/mol. The number of rotatable bonds is 3. The summed E-state index contributed by atoms with van der Waals surface area (Å²) in [6.07, 6.45) is 5.36. The summed E-state index contributed by atoms with van der Waals surface area (Å²) in [5.41, 5.74) is -0.0635. The second-order valence-corrected chi connectivity index (χ2v) is 7.76. The predicted molar refractivity (Wildman–Crippen MR) is 80.5 cm³/mol. The van der Waals surface area contributed by atoms with Crippen LogP contribution < -0.4 is 5.32 Å². The minimum Gasteiger partial charge on any atom is -0.367 e. The van der Waals surface area contributed by atoms with E-state index in [4.69, 9.17) is 4.74 Å². The largest absolute Gasteiger partial charge is 0.367 e. The zero-order valence-corrected chi connectivity index (χ0v) is 13.5. The smallest absolute Gasteiger partial charge is 0.0760 e. The average molecular weight is 268 g/mol. The summed E-state index contributed by atoms with van der Waals surface area (Å²) in [5.74, 6) is 0. The number of nitrogens with zero attached hydrogens (tertiary/aromatic N) is 1. The maximum atomic E-state index is 6.17. The first-order chi connectivity index (χ1) is 8.77. The third-order valence-corrected chi connectivity index (χ3v) is 4.38. The molecule has 0 aliphatic carbocycles. The van der Waals surface area contributed by atoms with Gasteiger partial charge in [0.15, 0.2) is 0 Å². The summed E-state index contributed by atoms with van der Waals surface area (Å²) in [4.78, 5) is 2.62. The molecule has 19 heavy (non-hydrogen) atoms. The molecule has 2 saturated heterocycles. The van der Waals surface area contributed by atoms with Crippen LogP contribution in [-0.4, -0.2) is 47.8 Å². The van der Waals surface area contributed by atoms with Gasteiger partial charge in [-0.05, 0) is 60.4 Å². The molecule has 2 rings (SSSR count). The Morgan fingerprint density at radius 1 is 1.16 bits per heavy atom. The summed E-state index contributed by atoms with van der Waals surface area (Å²) in [6.45, 7) is 14.5. The zero-order chi connectivity index (χ0) is 14.1. The van der Waals surface area contributed by atoms with Crippen LogP contribution in [0.25, 0.3) is 0 Å². The molecule has 0 aromatic carbocycles. The first kappa shape index (κ1) is 15.3. The van der Waals surface area contributed by atoms with Gasteiger partial charge in [-0.25, -0.2) is 0 Å². The number of nitrogens with one attached hydrogen (secondary N) is 1. The summed E-state index contributed by atoms with van der Waals surface area (Å²) in [6, 6.07) is 1.36. The Labute approximate surface area is 119 Å². The fraction of sp³-hybridized carbons (Fsp3) is 1.00. The van der Waals surface area contributed by atoms with Crippen LogP contribution in [0.1, 0.15) is 60.3 Å². The highest BCUT2D eigenvalue weighted by Crippen LogP contribution is 2.30. The molecular weight excluding hydrogens is 236 g/mol. The average Bonchev–Trinajstić information content (AvgIpc) is 2.26. The van der Waals surface area contributed by atoms with Gasteiger partial charge in [0.05, 0.1) is 11.2 Å². The Hall–Kier alpha value is -0.120. The molecule has 0 radical (unpaired) electrons. The predicted octanol–water partition coefficient (Wildman–Crippen LogP) is 2.80. The second-order valence-electron chi connectivity index (χ2n) is 7.76. The van der Waals surface area contributed by atoms with Gasteiger partial charge in [0.2, 0.25) is 0 Å². The number of hydrogen-bond donors (Lipinski definition) is 1. The first-order valence-electron chi connectivity index (χ1n) is 7.95. The van der Waals surface area contributed by atoms with Gasteiger partial charge in [-0.15, -0.1) is 0 Å². The molecule has 0 bridgehead atoms. The van der Waals surface area contributed by atoms with Crippen molar-refractivity contribution in [3.05, 3.63) is 0 Å². The molecule has 0 saturated carbocycles. The van der Waals surface area contributed by atoms with Crippen LogP contribution in [0.3, 0.4) is 0 Å². The molecule has 0 amide bonds. The summed E-state index contributed by atoms with van der Waals surface area (Å²) < 4.78 is 6.17. The highest BCUT2D eigenvalue weighted by Gasteiger charge is 2.39. The van der Waals surface area contributed by atoms with E-state index in [1.807, 2.05) is 0 Å². The van der Waals surface area contributed by atoms with Crippen LogP contribution in [0.15, 0.2) is 0 Å². The van der Waals surface area contributed by atoms with E-state index >= 15 is 0 Å². The second kappa shape index (κ2) is 5.71. The molecule has 0 spiro atoms. The lowest BCUT2D eigenvalue weighted by molar-refractivity contribution is -0.187. The van der Waals surface area contributed by atoms with Gasteiger partial charge in [0, 0.05) is 25.2 Å². The highest BCUT2D eigenvalue weighted by molar-refractivity contribution is 4.92. The van der Waals surface area contributed by atoms with Crippen molar-refractivity contribution in [1.82, 2.24) is 10.2 Å². The third kappa shape index (κ3) is 4.44. The lowest BCUT2D eigenvalue weighted by Gasteiger charge is -2.49. The molecule has 2 heterocycles. The molecule has 2 unspecified atom stereocenters. The summed E-state index contributed by atoms with van der Waals surface area (Å²) in [7, 11) is 0. The molecule has 2 fully saturated rings. The van der Waals surface area contributed by atoms with E-state index in [1.54, 1.807) is 0 Å². The first-order valence-corrected chi connectivity index (χ1v) is 7.95. The lowest BCUT2D eigenvalue weighted by Crippen LogP contribution is -2.59. The number of ether oxygens (including phenoxy) is 1. The number of morpholine rings is 1. The van der Waals surface area contributed by atoms with Crippen LogP contribution in [0.2, 0.25) is 0 Å². The van der Waals surface area contributed by atoms with Gasteiger partial charge in [0.1, 0.15) is 0 Å². The van der Waals surface area contributed by atoms with Crippen molar-refractivity contribution in [1.29, 1.82) is 0 Å². The lowest BCUT2D eigenvalue weighted by atomic mass is 9.94. The molecule has 2 aliphatic heterocycles. The van der Waals surface area contributed by atoms with E-state index in [0.717, 1.165) is 19.1 Å². The third-order valence-electron chi connectivity index (χ3n) is 4.38. The van der Waals surface area contributed by atoms with E-state index in [-0.39, 0.29) is 11.2 Å². The van der Waals surface area contributed by atoms with Crippen LogP contribution in [0.5, 0.6) is 0 Å². The van der Waals surface area contributed by atoms with Crippen molar-refractivity contribution in [2.45, 2.75) is 83.6 Å². The van der Waals surface area contributed by atoms with Crippen molar-refractivity contribution in [3.63, 3.8) is 0 Å². The maximum Gasteiger partial charge on any atom is 0.0760 e. The van der Waals surface area contributed by atoms with Crippen molar-refractivity contribution < 1.29 is 4.74 Å². The summed E-state index contributed by atoms with van der Waals surface area (Å²) >= 11 is 0. The van der Waals surface area contributed by atoms with Crippen molar-refractivity contribution in [2.75, 3.05) is 19.6 Å². The van der Waals surface area contributed by atoms with Gasteiger partial charge in [-0.2, -0.15) is 0 Å². The molecule has 1 N–H and O–H groups in total. The SMILES string of the molecule is CC(CC1CCCCN1)N1CC(C)(C)OC(C)(C)C1. The van der Waals surface area contributed by atoms with E-state index in [9.17, 15) is 0 Å². The van der Waals surface area contributed by atoms with Gasteiger partial charge >= 0.3 is 0 Å². The highest BCUT2D eigenvalue weighted by atomic mass is 16.5. The van der Waals surface area contributed by atoms with Gasteiger partial charge in [0.25, 0.3) is 0 Å². The fourth-order valence-electron chi connectivity index (χ4n) is 3.84. The Kier molecular flexibility index (Phi) is 4.59. The Balaban J connectivity index is 1.92. The van der Waals surface area contributed by atoms with E-state index in [1.165, 1.54) is 32.2 Å². The Morgan fingerprint density at radius 3 is 2.32 bits per heavy atom. The number of hydrogen-bond acceptors (Lipinski definition) is 3. The maximum absolute atomic E-state index is 6.17. The fourth-order valence-corrected chi connectivity index (χ4v) is 3.84. The van der Waals surface area contributed by atoms with Crippen LogP contribution in [0, 0.1) is 0 Å². The van der Waals surface area contributed by atoms with Crippen molar-refractivity contribution in [3.8, 4) is 0 Å². The molecule has 3 nitrogen and oxygen atoms in total. The van der Waals surface area contributed by atoms with Crippen molar-refractivity contribution in [2.24, 2.45) is 0 Å². The molecule has 2 aliphatic rings. The minimum absolute atomic E-state index is 0.0317. The van der Waals surface area contributed by atoms with E-state index < -0.39 is 0 Å². The van der Waals surface area contributed by atoms with Crippen LogP contribution in [-0.2, 0) is 4.74 Å². The van der Waals surface area contributed by atoms with Crippen LogP contribution in [0.4, 0.5) is 0 Å². The van der Waals surface area contributed by atoms with Gasteiger partial charge in [-0.3, -0.25) is 4.90 Å². The molecule has 112 valence electrons. The molecule has 0 aromatic rings. The van der Waals surface area contributed by atoms with E-state index in [0.29, 0.717) is 6.04 Å². The van der Waals surface area contributed by atoms with Crippen LogP contribution >= 0.6 is 0 Å².